The quantitative estimate of drug-likeness (QED) is 0.853. The Morgan fingerprint density at radius 1 is 1.12 bits per heavy atom. The number of nitrogens with zero attached hydrogens (tertiary/aromatic N) is 3. The van der Waals surface area contributed by atoms with Gasteiger partial charge in [-0.15, -0.1) is 11.3 Å². The minimum absolute atomic E-state index is 0.494. The summed E-state index contributed by atoms with van der Waals surface area (Å²) in [6.07, 6.45) is 0. The van der Waals surface area contributed by atoms with Crippen molar-refractivity contribution >= 4 is 16.5 Å². The number of benzene rings is 1. The number of anilines is 1. The van der Waals surface area contributed by atoms with Crippen molar-refractivity contribution in [3.8, 4) is 5.75 Å². The van der Waals surface area contributed by atoms with Gasteiger partial charge in [0.25, 0.3) is 0 Å². The highest BCUT2D eigenvalue weighted by atomic mass is 32.1. The standard InChI is InChI=1S/C19H25N3OS/c1-12-13(2)24-19(20-12)22-10-15-9-21(3)18(17(15)11-22)14-5-7-16(23-4)8-6-14/h5-8,15,17-18H,9-11H2,1-4H3/t15-,17+,18-/m0/s1. The molecule has 2 aromatic rings. The number of hydrogen-bond acceptors (Lipinski definition) is 5. The number of aryl methyl sites for hydroxylation is 2. The van der Waals surface area contributed by atoms with Gasteiger partial charge in [-0.2, -0.15) is 0 Å². The van der Waals surface area contributed by atoms with Gasteiger partial charge in [0.2, 0.25) is 0 Å². The zero-order chi connectivity index (χ0) is 16.8. The van der Waals surface area contributed by atoms with Gasteiger partial charge in [0.15, 0.2) is 5.13 Å². The number of ether oxygens (including phenoxy) is 1. The van der Waals surface area contributed by atoms with Crippen LogP contribution in [0.25, 0.3) is 0 Å². The van der Waals surface area contributed by atoms with E-state index in [4.69, 9.17) is 9.72 Å². The maximum absolute atomic E-state index is 5.30. The van der Waals surface area contributed by atoms with E-state index in [2.05, 4.69) is 55.0 Å². The largest absolute Gasteiger partial charge is 0.497 e. The number of fused-ring (bicyclic) bond motifs is 1. The molecule has 0 spiro atoms. The first kappa shape index (κ1) is 15.9. The van der Waals surface area contributed by atoms with Gasteiger partial charge in [-0.25, -0.2) is 4.98 Å². The predicted octanol–water partition coefficient (Wildman–Crippen LogP) is 3.51. The third-order valence-electron chi connectivity index (χ3n) is 5.64. The molecule has 0 unspecified atom stereocenters. The maximum atomic E-state index is 5.30. The summed E-state index contributed by atoms with van der Waals surface area (Å²) < 4.78 is 5.30. The lowest BCUT2D eigenvalue weighted by molar-refractivity contribution is 0.279. The lowest BCUT2D eigenvalue weighted by Crippen LogP contribution is -2.29. The van der Waals surface area contributed by atoms with Crippen LogP contribution in [0.2, 0.25) is 0 Å². The first-order valence-electron chi connectivity index (χ1n) is 8.60. The molecule has 24 heavy (non-hydrogen) atoms. The summed E-state index contributed by atoms with van der Waals surface area (Å²) in [5.74, 6) is 2.33. The Bertz CT molecular complexity index is 707. The van der Waals surface area contributed by atoms with Gasteiger partial charge in [0.05, 0.1) is 12.8 Å². The van der Waals surface area contributed by atoms with Crippen LogP contribution in [0.5, 0.6) is 5.75 Å². The monoisotopic (exact) mass is 343 g/mol. The van der Waals surface area contributed by atoms with Gasteiger partial charge in [-0.05, 0) is 44.5 Å². The SMILES string of the molecule is COc1ccc([C@H]2[C@@H]3CN(c4nc(C)c(C)s4)C[C@@H]3CN2C)cc1. The van der Waals surface area contributed by atoms with Gasteiger partial charge in [0.1, 0.15) is 5.75 Å². The molecule has 0 aliphatic carbocycles. The average Bonchev–Trinajstić information content (AvgIpc) is 3.20. The molecule has 128 valence electrons. The van der Waals surface area contributed by atoms with Gasteiger partial charge in [-0.3, -0.25) is 4.90 Å². The van der Waals surface area contributed by atoms with Crippen molar-refractivity contribution < 1.29 is 4.74 Å². The highest BCUT2D eigenvalue weighted by molar-refractivity contribution is 7.15. The fourth-order valence-corrected chi connectivity index (χ4v) is 5.24. The summed E-state index contributed by atoms with van der Waals surface area (Å²) in [7, 11) is 3.98. The van der Waals surface area contributed by atoms with Crippen LogP contribution < -0.4 is 9.64 Å². The second-order valence-electron chi connectivity index (χ2n) is 7.12. The normalized spacial score (nSPS) is 26.8. The highest BCUT2D eigenvalue weighted by Gasteiger charge is 2.46. The van der Waals surface area contributed by atoms with Crippen molar-refractivity contribution in [2.75, 3.05) is 38.7 Å². The fraction of sp³-hybridized carbons (Fsp3) is 0.526. The molecule has 2 fully saturated rings. The molecule has 1 aromatic carbocycles. The van der Waals surface area contributed by atoms with E-state index in [-0.39, 0.29) is 0 Å². The molecule has 2 aliphatic rings. The molecule has 2 aliphatic heterocycles. The molecule has 0 N–H and O–H groups in total. The topological polar surface area (TPSA) is 28.6 Å². The summed E-state index contributed by atoms with van der Waals surface area (Å²) in [4.78, 5) is 11.1. The number of aromatic nitrogens is 1. The first-order chi connectivity index (χ1) is 11.6. The van der Waals surface area contributed by atoms with Crippen molar-refractivity contribution in [3.05, 3.63) is 40.4 Å². The van der Waals surface area contributed by atoms with Crippen LogP contribution in [-0.2, 0) is 0 Å². The lowest BCUT2D eigenvalue weighted by atomic mass is 9.89. The minimum atomic E-state index is 0.494. The summed E-state index contributed by atoms with van der Waals surface area (Å²) in [6, 6.07) is 9.10. The molecule has 4 rings (SSSR count). The van der Waals surface area contributed by atoms with E-state index in [1.807, 2.05) is 11.3 Å². The van der Waals surface area contributed by atoms with Crippen LogP contribution in [0.3, 0.4) is 0 Å². The maximum Gasteiger partial charge on any atom is 0.185 e. The van der Waals surface area contributed by atoms with E-state index in [1.54, 1.807) is 7.11 Å². The van der Waals surface area contributed by atoms with Crippen molar-refractivity contribution in [2.45, 2.75) is 19.9 Å². The van der Waals surface area contributed by atoms with E-state index in [9.17, 15) is 0 Å². The smallest absolute Gasteiger partial charge is 0.185 e. The fourth-order valence-electron chi connectivity index (χ4n) is 4.31. The molecule has 4 nitrogen and oxygen atoms in total. The highest BCUT2D eigenvalue weighted by Crippen LogP contribution is 2.45. The Morgan fingerprint density at radius 2 is 1.88 bits per heavy atom. The summed E-state index contributed by atoms with van der Waals surface area (Å²) in [5, 5.41) is 1.20. The Labute approximate surface area is 148 Å². The molecule has 0 radical (unpaired) electrons. The minimum Gasteiger partial charge on any atom is -0.497 e. The van der Waals surface area contributed by atoms with Crippen LogP contribution in [-0.4, -0.2) is 43.7 Å². The number of methoxy groups -OCH3 is 1. The molecular weight excluding hydrogens is 318 g/mol. The Balaban J connectivity index is 1.56. The van der Waals surface area contributed by atoms with E-state index >= 15 is 0 Å². The molecule has 3 atom stereocenters. The molecule has 1 aromatic heterocycles. The van der Waals surface area contributed by atoms with Gasteiger partial charge >= 0.3 is 0 Å². The van der Waals surface area contributed by atoms with Crippen LogP contribution in [0.1, 0.15) is 22.2 Å². The zero-order valence-electron chi connectivity index (χ0n) is 14.8. The molecule has 2 saturated heterocycles. The second-order valence-corrected chi connectivity index (χ2v) is 8.31. The molecule has 0 bridgehead atoms. The van der Waals surface area contributed by atoms with E-state index in [1.165, 1.54) is 27.8 Å². The third-order valence-corrected chi connectivity index (χ3v) is 6.77. The molecule has 3 heterocycles. The summed E-state index contributed by atoms with van der Waals surface area (Å²) >= 11 is 1.84. The van der Waals surface area contributed by atoms with Crippen LogP contribution in [0, 0.1) is 25.7 Å². The van der Waals surface area contributed by atoms with Crippen LogP contribution in [0.15, 0.2) is 24.3 Å². The lowest BCUT2D eigenvalue weighted by Gasteiger charge is -2.26. The number of likely N-dealkylation sites (tertiary alicyclic amines) is 1. The molecular formula is C19H25N3OS. The molecule has 5 heteroatoms. The molecule has 0 saturated carbocycles. The van der Waals surface area contributed by atoms with Gasteiger partial charge in [-0.1, -0.05) is 12.1 Å². The molecule has 0 amide bonds. The van der Waals surface area contributed by atoms with E-state index in [0.717, 1.165) is 24.8 Å². The first-order valence-corrected chi connectivity index (χ1v) is 9.41. The third kappa shape index (κ3) is 2.60. The Kier molecular flexibility index (Phi) is 4.01. The van der Waals surface area contributed by atoms with Crippen LogP contribution >= 0.6 is 11.3 Å². The number of rotatable bonds is 3. The second kappa shape index (κ2) is 6.05. The number of thiazole rings is 1. The van der Waals surface area contributed by atoms with Gasteiger partial charge < -0.3 is 9.64 Å². The van der Waals surface area contributed by atoms with Crippen LogP contribution in [0.4, 0.5) is 5.13 Å². The Morgan fingerprint density at radius 3 is 2.50 bits per heavy atom. The van der Waals surface area contributed by atoms with E-state index < -0.39 is 0 Å². The van der Waals surface area contributed by atoms with Crippen molar-refractivity contribution in [2.24, 2.45) is 11.8 Å². The van der Waals surface area contributed by atoms with Crippen molar-refractivity contribution in [3.63, 3.8) is 0 Å². The Hall–Kier alpha value is -1.59. The zero-order valence-corrected chi connectivity index (χ0v) is 15.6. The average molecular weight is 343 g/mol. The summed E-state index contributed by atoms with van der Waals surface area (Å²) in [5.41, 5.74) is 2.58. The predicted molar refractivity (Wildman–Crippen MR) is 99.1 cm³/mol. The van der Waals surface area contributed by atoms with Gasteiger partial charge in [0, 0.05) is 36.5 Å². The van der Waals surface area contributed by atoms with Crippen molar-refractivity contribution in [1.82, 2.24) is 9.88 Å². The van der Waals surface area contributed by atoms with E-state index in [0.29, 0.717) is 12.0 Å². The van der Waals surface area contributed by atoms with Crippen molar-refractivity contribution in [1.29, 1.82) is 0 Å². The summed E-state index contributed by atoms with van der Waals surface area (Å²) in [6.45, 7) is 7.69. The number of hydrogen-bond donors (Lipinski definition) is 0.